The number of hydrogen-bond donors (Lipinski definition) is 0. The van der Waals surface area contributed by atoms with Gasteiger partial charge >= 0.3 is 0 Å². The summed E-state index contributed by atoms with van der Waals surface area (Å²) in [5, 5.41) is 0.609. The van der Waals surface area contributed by atoms with Crippen LogP contribution in [0.5, 0.6) is 0 Å². The van der Waals surface area contributed by atoms with Crippen molar-refractivity contribution in [3.8, 4) is 11.4 Å². The van der Waals surface area contributed by atoms with E-state index in [4.69, 9.17) is 0 Å². The summed E-state index contributed by atoms with van der Waals surface area (Å²) in [6.07, 6.45) is 1.25. The Labute approximate surface area is 110 Å². The largest absolute Gasteiger partial charge is 0.289 e. The van der Waals surface area contributed by atoms with Crippen LogP contribution in [0.3, 0.4) is 0 Å². The van der Waals surface area contributed by atoms with Crippen LogP contribution in [0.15, 0.2) is 51.0 Å². The number of imidazole rings is 1. The predicted molar refractivity (Wildman–Crippen MR) is 72.6 cm³/mol. The van der Waals surface area contributed by atoms with E-state index in [0.717, 1.165) is 0 Å². The molecule has 5 nitrogen and oxygen atoms in total. The molecule has 0 radical (unpaired) electrons. The molecule has 0 unspecified atom stereocenters. The van der Waals surface area contributed by atoms with Crippen molar-refractivity contribution in [3.05, 3.63) is 77.8 Å². The molecule has 1 aromatic carbocycles. The van der Waals surface area contributed by atoms with E-state index in [1.165, 1.54) is 12.4 Å². The van der Waals surface area contributed by atoms with Gasteiger partial charge in [0.2, 0.25) is 5.43 Å². The van der Waals surface area contributed by atoms with Gasteiger partial charge in [-0.3, -0.25) is 14.4 Å². The topological polar surface area (TPSA) is 77.0 Å². The van der Waals surface area contributed by atoms with E-state index in [1.807, 2.05) is 0 Å². The van der Waals surface area contributed by atoms with E-state index in [9.17, 15) is 14.4 Å². The maximum atomic E-state index is 12.4. The molecular weight excluding hydrogens is 256 g/mol. The van der Waals surface area contributed by atoms with Crippen molar-refractivity contribution < 1.29 is 0 Å². The maximum absolute atomic E-state index is 12.4. The fourth-order valence-electron chi connectivity index (χ4n) is 2.57. The minimum Gasteiger partial charge on any atom is -0.289 e. The second kappa shape index (κ2) is 3.54. The maximum Gasteiger partial charge on any atom is 0.218 e. The van der Waals surface area contributed by atoms with Crippen LogP contribution in [0, 0.1) is 10.4 Å². The first-order valence-electron chi connectivity index (χ1n) is 5.98. The Morgan fingerprint density at radius 2 is 1.50 bits per heavy atom. The molecule has 20 heavy (non-hydrogen) atoms. The summed E-state index contributed by atoms with van der Waals surface area (Å²) >= 11 is 0. The van der Waals surface area contributed by atoms with Gasteiger partial charge in [0.15, 0.2) is 10.9 Å². The van der Waals surface area contributed by atoms with Gasteiger partial charge in [-0.1, -0.05) is 24.3 Å². The second-order valence-corrected chi connectivity index (χ2v) is 4.57. The molecule has 1 aliphatic heterocycles. The smallest absolute Gasteiger partial charge is 0.218 e. The predicted octanol–water partition coefficient (Wildman–Crippen LogP) is 0.416. The van der Waals surface area contributed by atoms with Gasteiger partial charge in [-0.25, -0.2) is 9.97 Å². The van der Waals surface area contributed by atoms with Gasteiger partial charge in [0.1, 0.15) is 12.0 Å². The van der Waals surface area contributed by atoms with Gasteiger partial charge in [0.25, 0.3) is 0 Å². The lowest BCUT2D eigenvalue weighted by Crippen LogP contribution is -2.24. The third-order valence-electron chi connectivity index (χ3n) is 3.51. The molecule has 0 amide bonds. The average Bonchev–Trinajstić information content (AvgIpc) is 2.93. The van der Waals surface area contributed by atoms with Gasteiger partial charge in [0, 0.05) is 16.0 Å². The van der Waals surface area contributed by atoms with E-state index >= 15 is 0 Å². The number of nitrogens with zero attached hydrogens (tertiary/aromatic N) is 2. The number of hydrogen-bond acceptors (Lipinski definition) is 5. The Hall–Kier alpha value is -2.95. The van der Waals surface area contributed by atoms with E-state index in [-0.39, 0.29) is 26.9 Å². The van der Waals surface area contributed by atoms with Crippen molar-refractivity contribution in [3.63, 3.8) is 0 Å². The van der Waals surface area contributed by atoms with Crippen LogP contribution >= 0.6 is 0 Å². The summed E-state index contributed by atoms with van der Waals surface area (Å²) < 4.78 is 0. The van der Waals surface area contributed by atoms with E-state index in [1.54, 1.807) is 24.3 Å². The lowest BCUT2D eigenvalue weighted by molar-refractivity contribution is 1.30. The number of aromatic nitrogens is 2. The summed E-state index contributed by atoms with van der Waals surface area (Å²) in [4.78, 5) is 45.0. The first-order valence-corrected chi connectivity index (χ1v) is 5.98. The summed E-state index contributed by atoms with van der Waals surface area (Å²) in [6, 6.07) is 7.96. The van der Waals surface area contributed by atoms with Gasteiger partial charge in [-0.15, -0.1) is 0 Å². The normalized spacial score (nSPS) is 11.6. The molecule has 3 aliphatic rings. The van der Waals surface area contributed by atoms with E-state index in [0.29, 0.717) is 11.1 Å². The Bertz CT molecular complexity index is 1160. The van der Waals surface area contributed by atoms with Crippen molar-refractivity contribution in [1.82, 2.24) is 9.97 Å². The van der Waals surface area contributed by atoms with Crippen molar-refractivity contribution in [2.75, 3.05) is 0 Å². The monoisotopic (exact) mass is 262 g/mol. The summed E-state index contributed by atoms with van der Waals surface area (Å²) in [5.74, 6) is 0. The zero-order valence-electron chi connectivity index (χ0n) is 10.1. The Morgan fingerprint density at radius 3 is 2.25 bits per heavy atom. The summed E-state index contributed by atoms with van der Waals surface area (Å²) in [5.41, 5.74) is -0.802. The minimum atomic E-state index is -0.525. The van der Waals surface area contributed by atoms with Gasteiger partial charge in [-0.2, -0.15) is 0 Å². The first kappa shape index (κ1) is 10.9. The summed E-state index contributed by atoms with van der Waals surface area (Å²) in [7, 11) is 0. The van der Waals surface area contributed by atoms with Crippen LogP contribution in [0.25, 0.3) is 22.2 Å². The zero-order valence-corrected chi connectivity index (χ0v) is 10.1. The quantitative estimate of drug-likeness (QED) is 0.459. The Balaban J connectivity index is 2.55. The van der Waals surface area contributed by atoms with Crippen LogP contribution in [0.2, 0.25) is 0 Å². The molecule has 2 aliphatic carbocycles. The fraction of sp³-hybridized carbons (Fsp3) is 0. The molecule has 94 valence electrons. The molecule has 1 heterocycles. The van der Waals surface area contributed by atoms with Crippen LogP contribution in [-0.4, -0.2) is 9.97 Å². The average molecular weight is 262 g/mol. The highest BCUT2D eigenvalue weighted by molar-refractivity contribution is 5.82. The number of benzene rings is 1. The summed E-state index contributed by atoms with van der Waals surface area (Å²) in [6.45, 7) is 0. The molecule has 0 aromatic heterocycles. The van der Waals surface area contributed by atoms with Crippen LogP contribution in [0.4, 0.5) is 0 Å². The fourth-order valence-corrected chi connectivity index (χ4v) is 2.57. The van der Waals surface area contributed by atoms with Crippen LogP contribution in [0.1, 0.15) is 0 Å². The molecule has 0 bridgehead atoms. The SMILES string of the molecule is O=c1c2ncnc-2cc2c(=O)c3ccccc3c(=O)c1=2. The number of fused-ring (bicyclic) bond motifs is 2. The van der Waals surface area contributed by atoms with Gasteiger partial charge in [-0.05, 0) is 6.07 Å². The van der Waals surface area contributed by atoms with Gasteiger partial charge < -0.3 is 0 Å². The van der Waals surface area contributed by atoms with E-state index < -0.39 is 10.9 Å². The highest BCUT2D eigenvalue weighted by atomic mass is 16.1. The molecule has 0 fully saturated rings. The molecule has 0 N–H and O–H groups in total. The van der Waals surface area contributed by atoms with Crippen molar-refractivity contribution in [1.29, 1.82) is 0 Å². The van der Waals surface area contributed by atoms with Gasteiger partial charge in [0.05, 0.1) is 10.9 Å². The highest BCUT2D eigenvalue weighted by Crippen LogP contribution is 2.12. The number of rotatable bonds is 0. The van der Waals surface area contributed by atoms with Crippen molar-refractivity contribution in [2.24, 2.45) is 0 Å². The lowest BCUT2D eigenvalue weighted by Gasteiger charge is -1.99. The molecule has 5 heteroatoms. The first-order chi connectivity index (χ1) is 9.68. The zero-order chi connectivity index (χ0) is 13.9. The third kappa shape index (κ3) is 1.19. The van der Waals surface area contributed by atoms with Crippen LogP contribution < -0.4 is 16.3 Å². The Kier molecular flexibility index (Phi) is 1.93. The lowest BCUT2D eigenvalue weighted by atomic mass is 10.0. The molecule has 0 saturated carbocycles. The highest BCUT2D eigenvalue weighted by Gasteiger charge is 2.17. The second-order valence-electron chi connectivity index (χ2n) is 4.57. The molecule has 0 atom stereocenters. The molecule has 0 spiro atoms. The van der Waals surface area contributed by atoms with Crippen molar-refractivity contribution in [2.45, 2.75) is 0 Å². The van der Waals surface area contributed by atoms with Crippen LogP contribution in [-0.2, 0) is 0 Å². The minimum absolute atomic E-state index is 0.0956. The molecular formula is C15H6N2O3. The molecule has 4 rings (SSSR count). The standard InChI is InChI=1S/C15H6N2O3/c18-13-7-3-1-2-4-8(7)14(19)11-9(13)5-10-12(15(11)20)17-6-16-10/h1-6H. The third-order valence-corrected chi connectivity index (χ3v) is 3.51. The Morgan fingerprint density at radius 1 is 0.800 bits per heavy atom. The van der Waals surface area contributed by atoms with E-state index in [2.05, 4.69) is 9.97 Å². The van der Waals surface area contributed by atoms with Crippen molar-refractivity contribution >= 4 is 10.8 Å². The molecule has 1 aromatic rings. The molecule has 0 saturated heterocycles.